The highest BCUT2D eigenvalue weighted by atomic mass is 16.7. The number of carbonyl (C=O) groups is 1. The van der Waals surface area contributed by atoms with E-state index >= 15 is 0 Å². The molecule has 0 saturated carbocycles. The van der Waals surface area contributed by atoms with E-state index in [0.717, 1.165) is 16.9 Å². The summed E-state index contributed by atoms with van der Waals surface area (Å²) >= 11 is 0. The maximum Gasteiger partial charge on any atom is 0.253 e. The molecule has 4 heteroatoms. The molecule has 0 fully saturated rings. The number of rotatable bonds is 8. The lowest BCUT2D eigenvalue weighted by molar-refractivity contribution is -0.138. The number of hydrogen-bond acceptors (Lipinski definition) is 3. The second kappa shape index (κ2) is 8.50. The van der Waals surface area contributed by atoms with Crippen molar-refractivity contribution in [2.24, 2.45) is 0 Å². The van der Waals surface area contributed by atoms with E-state index < -0.39 is 5.41 Å². The Morgan fingerprint density at radius 2 is 1.67 bits per heavy atom. The molecule has 1 N–H and O–H groups in total. The molecule has 0 spiro atoms. The van der Waals surface area contributed by atoms with Crippen molar-refractivity contribution in [2.45, 2.75) is 32.6 Å². The smallest absolute Gasteiger partial charge is 0.253 e. The molecule has 4 nitrogen and oxygen atoms in total. The van der Waals surface area contributed by atoms with Gasteiger partial charge < -0.3 is 4.74 Å². The third-order valence-electron chi connectivity index (χ3n) is 3.97. The van der Waals surface area contributed by atoms with Crippen LogP contribution < -0.4 is 10.2 Å². The molecule has 0 aliphatic rings. The number of para-hydroxylation sites is 1. The molecule has 0 unspecified atom stereocenters. The molecule has 0 heterocycles. The van der Waals surface area contributed by atoms with Gasteiger partial charge in [0.15, 0.2) is 0 Å². The second-order valence-electron chi connectivity index (χ2n) is 6.24. The summed E-state index contributed by atoms with van der Waals surface area (Å²) in [6.45, 7) is 6.72. The summed E-state index contributed by atoms with van der Waals surface area (Å²) in [7, 11) is 0. The normalized spacial score (nSPS) is 11.1. The van der Waals surface area contributed by atoms with Crippen molar-refractivity contribution in [3.8, 4) is 5.75 Å². The molecule has 1 amide bonds. The van der Waals surface area contributed by atoms with Crippen LogP contribution in [0.2, 0.25) is 0 Å². The predicted octanol–water partition coefficient (Wildman–Crippen LogP) is 3.79. The molecule has 128 valence electrons. The summed E-state index contributed by atoms with van der Waals surface area (Å²) in [4.78, 5) is 17.6. The van der Waals surface area contributed by atoms with Crippen molar-refractivity contribution in [1.82, 2.24) is 5.48 Å². The topological polar surface area (TPSA) is 47.6 Å². The third-order valence-corrected chi connectivity index (χ3v) is 3.97. The summed E-state index contributed by atoms with van der Waals surface area (Å²) < 4.78 is 5.69. The van der Waals surface area contributed by atoms with Crippen LogP contribution in [0.15, 0.2) is 54.6 Å². The van der Waals surface area contributed by atoms with Crippen molar-refractivity contribution in [1.29, 1.82) is 0 Å². The van der Waals surface area contributed by atoms with Gasteiger partial charge in [0.05, 0.1) is 18.6 Å². The van der Waals surface area contributed by atoms with Crippen molar-refractivity contribution in [3.63, 3.8) is 0 Å². The Kier molecular flexibility index (Phi) is 6.38. The molecule has 0 radical (unpaired) electrons. The average Bonchev–Trinajstić information content (AvgIpc) is 2.60. The van der Waals surface area contributed by atoms with Gasteiger partial charge in [-0.3, -0.25) is 9.63 Å². The van der Waals surface area contributed by atoms with Crippen LogP contribution in [-0.4, -0.2) is 19.1 Å². The molecule has 2 rings (SSSR count). The van der Waals surface area contributed by atoms with Gasteiger partial charge in [-0.25, -0.2) is 5.48 Å². The van der Waals surface area contributed by atoms with Gasteiger partial charge >= 0.3 is 0 Å². The van der Waals surface area contributed by atoms with E-state index in [1.165, 1.54) is 0 Å². The minimum absolute atomic E-state index is 0.159. The number of aryl methyl sites for hydroxylation is 1. The number of hydroxylamine groups is 1. The van der Waals surface area contributed by atoms with Gasteiger partial charge in [-0.2, -0.15) is 0 Å². The van der Waals surface area contributed by atoms with Gasteiger partial charge in [0.2, 0.25) is 0 Å². The summed E-state index contributed by atoms with van der Waals surface area (Å²) in [5, 5.41) is 0. The van der Waals surface area contributed by atoms with Gasteiger partial charge in [0.1, 0.15) is 5.75 Å². The van der Waals surface area contributed by atoms with Crippen molar-refractivity contribution >= 4 is 5.91 Å². The Hall–Kier alpha value is -2.33. The molecular weight excluding hydrogens is 302 g/mol. The zero-order valence-corrected chi connectivity index (χ0v) is 14.5. The zero-order valence-electron chi connectivity index (χ0n) is 14.5. The summed E-state index contributed by atoms with van der Waals surface area (Å²) in [5.74, 6) is 0.722. The molecule has 0 saturated heterocycles. The van der Waals surface area contributed by atoms with Crippen molar-refractivity contribution in [3.05, 3.63) is 65.7 Å². The van der Waals surface area contributed by atoms with Gasteiger partial charge in [-0.1, -0.05) is 48.5 Å². The van der Waals surface area contributed by atoms with Crippen LogP contribution >= 0.6 is 0 Å². The maximum absolute atomic E-state index is 12.3. The van der Waals surface area contributed by atoms with E-state index in [1.54, 1.807) is 0 Å². The van der Waals surface area contributed by atoms with Crippen LogP contribution in [0.3, 0.4) is 0 Å². The fourth-order valence-corrected chi connectivity index (χ4v) is 2.26. The largest absolute Gasteiger partial charge is 0.493 e. The van der Waals surface area contributed by atoms with Crippen LogP contribution in [-0.2, 0) is 15.0 Å². The molecule has 2 aromatic rings. The van der Waals surface area contributed by atoms with E-state index in [2.05, 4.69) is 5.48 Å². The molecule has 0 atom stereocenters. The SMILES string of the molecule is Cc1ccccc1OCCCONC(=O)C(C)(C)c1ccccc1. The lowest BCUT2D eigenvalue weighted by Gasteiger charge is -2.23. The van der Waals surface area contributed by atoms with E-state index in [9.17, 15) is 4.79 Å². The Labute approximate surface area is 143 Å². The van der Waals surface area contributed by atoms with Crippen LogP contribution in [0.1, 0.15) is 31.4 Å². The van der Waals surface area contributed by atoms with E-state index in [-0.39, 0.29) is 5.91 Å². The first kappa shape index (κ1) is 18.0. The molecule has 0 bridgehead atoms. The van der Waals surface area contributed by atoms with E-state index in [0.29, 0.717) is 19.6 Å². The fraction of sp³-hybridized carbons (Fsp3) is 0.350. The van der Waals surface area contributed by atoms with Crippen LogP contribution in [0, 0.1) is 6.92 Å². The minimum Gasteiger partial charge on any atom is -0.493 e. The molecular formula is C20H25NO3. The highest BCUT2D eigenvalue weighted by Crippen LogP contribution is 2.22. The van der Waals surface area contributed by atoms with Gasteiger partial charge in [-0.05, 0) is 38.0 Å². The first-order valence-electron chi connectivity index (χ1n) is 8.18. The van der Waals surface area contributed by atoms with Crippen LogP contribution in [0.25, 0.3) is 0 Å². The Morgan fingerprint density at radius 1 is 1.00 bits per heavy atom. The average molecular weight is 327 g/mol. The zero-order chi connectivity index (χ0) is 17.4. The number of hydrogen-bond donors (Lipinski definition) is 1. The van der Waals surface area contributed by atoms with Gasteiger partial charge in [0.25, 0.3) is 5.91 Å². The highest BCUT2D eigenvalue weighted by Gasteiger charge is 2.29. The summed E-state index contributed by atoms with van der Waals surface area (Å²) in [5.41, 5.74) is 3.96. The maximum atomic E-state index is 12.3. The first-order valence-corrected chi connectivity index (χ1v) is 8.18. The van der Waals surface area contributed by atoms with Crippen LogP contribution in [0.4, 0.5) is 0 Å². The number of carbonyl (C=O) groups excluding carboxylic acids is 1. The fourth-order valence-electron chi connectivity index (χ4n) is 2.26. The molecule has 0 aliphatic heterocycles. The standard InChI is InChI=1S/C20H25NO3/c1-16-10-7-8-13-18(16)23-14-9-15-24-21-19(22)20(2,3)17-11-5-4-6-12-17/h4-8,10-13H,9,14-15H2,1-3H3,(H,21,22). The molecule has 0 aliphatic carbocycles. The summed E-state index contributed by atoms with van der Waals surface area (Å²) in [6, 6.07) is 17.5. The van der Waals surface area contributed by atoms with Crippen molar-refractivity contribution < 1.29 is 14.4 Å². The lowest BCUT2D eigenvalue weighted by atomic mass is 9.84. The Balaban J connectivity index is 1.69. The predicted molar refractivity (Wildman–Crippen MR) is 94.9 cm³/mol. The minimum atomic E-state index is -0.640. The van der Waals surface area contributed by atoms with Gasteiger partial charge in [0, 0.05) is 6.42 Å². The second-order valence-corrected chi connectivity index (χ2v) is 6.24. The lowest BCUT2D eigenvalue weighted by Crippen LogP contribution is -2.40. The summed E-state index contributed by atoms with van der Waals surface area (Å²) in [6.07, 6.45) is 0.695. The Bertz CT molecular complexity index is 653. The number of benzene rings is 2. The highest BCUT2D eigenvalue weighted by molar-refractivity contribution is 5.86. The van der Waals surface area contributed by atoms with Crippen molar-refractivity contribution in [2.75, 3.05) is 13.2 Å². The molecule has 2 aromatic carbocycles. The molecule has 0 aromatic heterocycles. The number of nitrogens with one attached hydrogen (secondary N) is 1. The van der Waals surface area contributed by atoms with E-state index in [4.69, 9.17) is 9.57 Å². The van der Waals surface area contributed by atoms with E-state index in [1.807, 2.05) is 75.4 Å². The Morgan fingerprint density at radius 3 is 2.38 bits per heavy atom. The van der Waals surface area contributed by atoms with Crippen LogP contribution in [0.5, 0.6) is 5.75 Å². The quantitative estimate of drug-likeness (QED) is 0.593. The van der Waals surface area contributed by atoms with Gasteiger partial charge in [-0.15, -0.1) is 0 Å². The number of ether oxygens (including phenoxy) is 1. The number of amides is 1. The molecule has 24 heavy (non-hydrogen) atoms. The monoisotopic (exact) mass is 327 g/mol. The first-order chi connectivity index (χ1) is 11.5. The third kappa shape index (κ3) is 4.83.